The zero-order valence-corrected chi connectivity index (χ0v) is 11.1. The summed E-state index contributed by atoms with van der Waals surface area (Å²) in [6.07, 6.45) is 0. The highest BCUT2D eigenvalue weighted by molar-refractivity contribution is 9.10. The van der Waals surface area contributed by atoms with E-state index in [0.717, 1.165) is 21.5 Å². The van der Waals surface area contributed by atoms with E-state index in [1.54, 1.807) is 7.11 Å². The Balaban J connectivity index is 2.11. The molecule has 0 saturated carbocycles. The summed E-state index contributed by atoms with van der Waals surface area (Å²) in [4.78, 5) is 0. The van der Waals surface area contributed by atoms with E-state index in [2.05, 4.69) is 15.9 Å². The van der Waals surface area contributed by atoms with E-state index < -0.39 is 0 Å². The van der Waals surface area contributed by atoms with Gasteiger partial charge < -0.3 is 9.47 Å². The molecule has 0 N–H and O–H groups in total. The fourth-order valence-corrected chi connectivity index (χ4v) is 1.84. The van der Waals surface area contributed by atoms with Gasteiger partial charge in [0.25, 0.3) is 0 Å². The van der Waals surface area contributed by atoms with E-state index >= 15 is 0 Å². The van der Waals surface area contributed by atoms with Gasteiger partial charge in [-0.15, -0.1) is 0 Å². The largest absolute Gasteiger partial charge is 0.493 e. The van der Waals surface area contributed by atoms with E-state index in [0.29, 0.717) is 6.61 Å². The van der Waals surface area contributed by atoms with Gasteiger partial charge in [0.1, 0.15) is 6.61 Å². The van der Waals surface area contributed by atoms with Crippen LogP contribution in [0.5, 0.6) is 11.5 Å². The first-order valence-electron chi connectivity index (χ1n) is 5.30. The van der Waals surface area contributed by atoms with Crippen molar-refractivity contribution in [3.8, 4) is 11.5 Å². The number of halogens is 1. The van der Waals surface area contributed by atoms with Gasteiger partial charge in [-0.2, -0.15) is 0 Å². The summed E-state index contributed by atoms with van der Waals surface area (Å²) in [6, 6.07) is 15.8. The lowest BCUT2D eigenvalue weighted by atomic mass is 10.2. The molecule has 2 nitrogen and oxygen atoms in total. The molecule has 0 saturated heterocycles. The third-order valence-corrected chi connectivity index (χ3v) is 2.86. The van der Waals surface area contributed by atoms with Crippen molar-refractivity contribution in [1.29, 1.82) is 0 Å². The number of benzene rings is 2. The van der Waals surface area contributed by atoms with Crippen molar-refractivity contribution in [2.45, 2.75) is 6.61 Å². The number of hydrogen-bond donors (Lipinski definition) is 0. The summed E-state index contributed by atoms with van der Waals surface area (Å²) in [5, 5.41) is 0. The molecule has 0 amide bonds. The molecular weight excluding hydrogens is 281 g/mol. The quantitative estimate of drug-likeness (QED) is 0.847. The van der Waals surface area contributed by atoms with E-state index in [9.17, 15) is 0 Å². The van der Waals surface area contributed by atoms with Crippen LogP contribution in [0.1, 0.15) is 5.56 Å². The highest BCUT2D eigenvalue weighted by Crippen LogP contribution is 2.30. The topological polar surface area (TPSA) is 18.5 Å². The first-order valence-corrected chi connectivity index (χ1v) is 6.09. The van der Waals surface area contributed by atoms with Gasteiger partial charge in [0.05, 0.1) is 7.11 Å². The lowest BCUT2D eigenvalue weighted by Crippen LogP contribution is -1.97. The molecule has 0 radical (unpaired) electrons. The maximum atomic E-state index is 5.74. The Morgan fingerprint density at radius 2 is 1.76 bits per heavy atom. The number of rotatable bonds is 4. The highest BCUT2D eigenvalue weighted by atomic mass is 79.9. The van der Waals surface area contributed by atoms with Gasteiger partial charge in [0, 0.05) is 4.47 Å². The lowest BCUT2D eigenvalue weighted by Gasteiger charge is -2.10. The maximum absolute atomic E-state index is 5.74. The monoisotopic (exact) mass is 293 g/mol. The Bertz CT molecular complexity index is 483. The Labute approximate surface area is 109 Å². The summed E-state index contributed by atoms with van der Waals surface area (Å²) in [5.41, 5.74) is 1.13. The standard InChI is InChI=1S/C14H13BrO2/c1-16-13-8-7-12(15)9-14(13)17-10-11-5-3-2-4-6-11/h2-9H,10H2,1H3/i13+1. The molecule has 3 heteroatoms. The van der Waals surface area contributed by atoms with Gasteiger partial charge in [-0.1, -0.05) is 46.3 Å². The van der Waals surface area contributed by atoms with Crippen molar-refractivity contribution in [2.24, 2.45) is 0 Å². The molecule has 2 rings (SSSR count). The van der Waals surface area contributed by atoms with E-state index in [1.807, 2.05) is 48.5 Å². The third kappa shape index (κ3) is 3.24. The molecule has 88 valence electrons. The second-order valence-corrected chi connectivity index (χ2v) is 4.49. The van der Waals surface area contributed by atoms with Crippen molar-refractivity contribution >= 4 is 15.9 Å². The minimum atomic E-state index is 0.535. The van der Waals surface area contributed by atoms with Crippen LogP contribution in [-0.2, 0) is 6.61 Å². The summed E-state index contributed by atoms with van der Waals surface area (Å²) in [7, 11) is 1.64. The van der Waals surface area contributed by atoms with Crippen molar-refractivity contribution in [3.05, 3.63) is 58.6 Å². The first kappa shape index (κ1) is 12.0. The van der Waals surface area contributed by atoms with Crippen LogP contribution in [0.3, 0.4) is 0 Å². The van der Waals surface area contributed by atoms with Gasteiger partial charge in [-0.05, 0) is 23.8 Å². The van der Waals surface area contributed by atoms with Crippen molar-refractivity contribution in [1.82, 2.24) is 0 Å². The zero-order valence-electron chi connectivity index (χ0n) is 9.52. The number of methoxy groups -OCH3 is 1. The minimum Gasteiger partial charge on any atom is -0.493 e. The van der Waals surface area contributed by atoms with E-state index in [1.165, 1.54) is 0 Å². The molecule has 0 spiro atoms. The molecule has 0 unspecified atom stereocenters. The molecule has 0 aliphatic rings. The van der Waals surface area contributed by atoms with Crippen molar-refractivity contribution in [3.63, 3.8) is 0 Å². The fraction of sp³-hybridized carbons (Fsp3) is 0.143. The van der Waals surface area contributed by atoms with Crippen LogP contribution in [0.2, 0.25) is 0 Å². The van der Waals surface area contributed by atoms with Crippen LogP contribution in [-0.4, -0.2) is 7.11 Å². The molecule has 0 aromatic heterocycles. The molecule has 0 bridgehead atoms. The fourth-order valence-electron chi connectivity index (χ4n) is 1.50. The van der Waals surface area contributed by atoms with Gasteiger partial charge >= 0.3 is 0 Å². The Kier molecular flexibility index (Phi) is 4.04. The van der Waals surface area contributed by atoms with Crippen LogP contribution in [0.15, 0.2) is 53.0 Å². The predicted molar refractivity (Wildman–Crippen MR) is 71.5 cm³/mol. The maximum Gasteiger partial charge on any atom is 0.162 e. The average molecular weight is 294 g/mol. The third-order valence-electron chi connectivity index (χ3n) is 2.36. The van der Waals surface area contributed by atoms with Gasteiger partial charge in [0.2, 0.25) is 0 Å². The van der Waals surface area contributed by atoms with Gasteiger partial charge in [-0.3, -0.25) is 0 Å². The summed E-state index contributed by atoms with van der Waals surface area (Å²) >= 11 is 3.42. The Morgan fingerprint density at radius 3 is 2.47 bits per heavy atom. The summed E-state index contributed by atoms with van der Waals surface area (Å²) < 4.78 is 12.0. The molecule has 0 aliphatic carbocycles. The predicted octanol–water partition coefficient (Wildman–Crippen LogP) is 4.04. The van der Waals surface area contributed by atoms with Crippen LogP contribution >= 0.6 is 15.9 Å². The molecule has 0 atom stereocenters. The number of ether oxygens (including phenoxy) is 2. The van der Waals surface area contributed by atoms with Gasteiger partial charge in [0.15, 0.2) is 11.5 Å². The molecule has 0 heterocycles. The zero-order chi connectivity index (χ0) is 12.1. The minimum absolute atomic E-state index is 0.535. The molecule has 17 heavy (non-hydrogen) atoms. The summed E-state index contributed by atoms with van der Waals surface area (Å²) in [6.45, 7) is 0.535. The summed E-state index contributed by atoms with van der Waals surface area (Å²) in [5.74, 6) is 1.48. The van der Waals surface area contributed by atoms with Crippen LogP contribution in [0, 0.1) is 0 Å². The lowest BCUT2D eigenvalue weighted by molar-refractivity contribution is 0.284. The number of hydrogen-bond acceptors (Lipinski definition) is 2. The first-order chi connectivity index (χ1) is 8.29. The second-order valence-electron chi connectivity index (χ2n) is 3.57. The molecule has 2 aromatic carbocycles. The van der Waals surface area contributed by atoms with Crippen molar-refractivity contribution < 1.29 is 9.47 Å². The van der Waals surface area contributed by atoms with E-state index in [4.69, 9.17) is 9.47 Å². The smallest absolute Gasteiger partial charge is 0.162 e. The SMILES string of the molecule is CO[13c]1ccc(Br)cc1OCc1ccccc1. The normalized spacial score (nSPS) is 10.0. The van der Waals surface area contributed by atoms with Crippen LogP contribution < -0.4 is 9.47 Å². The Morgan fingerprint density at radius 1 is 1.00 bits per heavy atom. The molecule has 0 aliphatic heterocycles. The van der Waals surface area contributed by atoms with Crippen molar-refractivity contribution in [2.75, 3.05) is 7.11 Å². The molecule has 0 fully saturated rings. The van der Waals surface area contributed by atoms with Crippen LogP contribution in [0.4, 0.5) is 0 Å². The second kappa shape index (κ2) is 5.73. The molecule has 2 aromatic rings. The average Bonchev–Trinajstić information content (AvgIpc) is 2.38. The van der Waals surface area contributed by atoms with Crippen LogP contribution in [0.25, 0.3) is 0 Å². The highest BCUT2D eigenvalue weighted by Gasteiger charge is 2.04. The van der Waals surface area contributed by atoms with E-state index in [-0.39, 0.29) is 0 Å². The Hall–Kier alpha value is -1.48. The van der Waals surface area contributed by atoms with Gasteiger partial charge in [-0.25, -0.2) is 0 Å². The molecular formula is C14H13BrO2.